The number of esters is 1. The summed E-state index contributed by atoms with van der Waals surface area (Å²) in [5, 5.41) is 18.9. The van der Waals surface area contributed by atoms with E-state index in [1.54, 1.807) is 18.2 Å². The second kappa shape index (κ2) is 13.0. The highest BCUT2D eigenvalue weighted by Gasteiger charge is 2.21. The van der Waals surface area contributed by atoms with Gasteiger partial charge in [0.2, 0.25) is 25.5 Å². The third-order valence-electron chi connectivity index (χ3n) is 5.44. The van der Waals surface area contributed by atoms with Gasteiger partial charge in [0.1, 0.15) is 6.61 Å². The molecule has 0 radical (unpaired) electrons. The number of rotatable bonds is 13. The van der Waals surface area contributed by atoms with Gasteiger partial charge in [0.25, 0.3) is 5.09 Å². The van der Waals surface area contributed by atoms with Crippen LogP contribution < -0.4 is 0 Å². The third kappa shape index (κ3) is 7.89. The van der Waals surface area contributed by atoms with Crippen LogP contribution in [-0.2, 0) is 38.4 Å². The first-order chi connectivity index (χ1) is 18.0. The summed E-state index contributed by atoms with van der Waals surface area (Å²) in [6.07, 6.45) is -0.359. The SMILES string of the molecule is Cc1c(CC(=O)OCC(COC(O)I=O)O[N+](=O)[O-])cc(-c2ccc(S(C)(=O)=O)cc2)n1-c1ccccc1. The summed E-state index contributed by atoms with van der Waals surface area (Å²) in [7, 11) is -3.37. The number of aliphatic hydroxyl groups is 1. The predicted octanol–water partition coefficient (Wildman–Crippen LogP) is 3.13. The minimum Gasteiger partial charge on any atom is -0.463 e. The van der Waals surface area contributed by atoms with Gasteiger partial charge in [-0.3, -0.25) is 7.86 Å². The van der Waals surface area contributed by atoms with Crippen molar-refractivity contribution in [3.63, 3.8) is 0 Å². The van der Waals surface area contributed by atoms with Crippen molar-refractivity contribution < 1.29 is 40.8 Å². The zero-order valence-electron chi connectivity index (χ0n) is 20.4. The zero-order chi connectivity index (χ0) is 27.9. The first-order valence-corrected chi connectivity index (χ1v) is 15.1. The van der Waals surface area contributed by atoms with Crippen LogP contribution in [0.25, 0.3) is 16.9 Å². The van der Waals surface area contributed by atoms with E-state index < -0.39 is 65.7 Å². The average molecular weight is 660 g/mol. The number of halogens is 1. The maximum atomic E-state index is 12.6. The molecule has 14 heteroatoms. The van der Waals surface area contributed by atoms with E-state index in [1.165, 1.54) is 12.1 Å². The van der Waals surface area contributed by atoms with E-state index >= 15 is 0 Å². The second-order valence-electron chi connectivity index (χ2n) is 8.13. The summed E-state index contributed by atoms with van der Waals surface area (Å²) in [6, 6.07) is 17.6. The molecule has 0 bridgehead atoms. The number of carbonyl (C=O) groups excluding carboxylic acids is 1. The van der Waals surface area contributed by atoms with Crippen molar-refractivity contribution in [3.05, 3.63) is 82.0 Å². The van der Waals surface area contributed by atoms with E-state index in [-0.39, 0.29) is 11.3 Å². The van der Waals surface area contributed by atoms with Crippen molar-refractivity contribution in [2.75, 3.05) is 19.5 Å². The first-order valence-electron chi connectivity index (χ1n) is 11.1. The standard InChI is InChI=1S/C24H25IN2O10S/c1-16-18(13-23(28)35-14-20(37-27(31)32)15-36-24(29)25-30)12-22(26(16)19-6-4-3-5-7-19)17-8-10-21(11-9-17)38(2,33)34/h3-12,20,24,29H,13-15H2,1-2H3. The van der Waals surface area contributed by atoms with E-state index in [2.05, 4.69) is 4.84 Å². The maximum Gasteiger partial charge on any atom is 0.310 e. The number of alkyl halides is 1. The van der Waals surface area contributed by atoms with Crippen molar-refractivity contribution >= 4 is 37.0 Å². The highest BCUT2D eigenvalue weighted by atomic mass is 127. The highest BCUT2D eigenvalue weighted by molar-refractivity contribution is 14.1. The molecule has 1 aromatic heterocycles. The van der Waals surface area contributed by atoms with E-state index in [4.69, 9.17) is 9.47 Å². The van der Waals surface area contributed by atoms with Gasteiger partial charge < -0.3 is 24.0 Å². The summed E-state index contributed by atoms with van der Waals surface area (Å²) < 4.78 is 44.8. The van der Waals surface area contributed by atoms with Gasteiger partial charge in [0.05, 0.1) is 23.6 Å². The maximum absolute atomic E-state index is 12.6. The number of nitrogens with zero attached hydrogens (tertiary/aromatic N) is 2. The molecule has 0 aliphatic rings. The van der Waals surface area contributed by atoms with Crippen LogP contribution in [0, 0.1) is 17.0 Å². The number of hydrogen-bond donors (Lipinski definition) is 1. The number of carbonyl (C=O) groups is 1. The van der Waals surface area contributed by atoms with Crippen molar-refractivity contribution in [1.82, 2.24) is 4.57 Å². The summed E-state index contributed by atoms with van der Waals surface area (Å²) in [5.74, 6) is -0.689. The lowest BCUT2D eigenvalue weighted by molar-refractivity contribution is -0.769. The molecule has 0 amide bonds. The molecule has 0 saturated carbocycles. The number of benzene rings is 2. The fourth-order valence-corrected chi connectivity index (χ4v) is 4.65. The molecule has 0 aliphatic carbocycles. The van der Waals surface area contributed by atoms with E-state index in [1.807, 2.05) is 41.8 Å². The van der Waals surface area contributed by atoms with Crippen LogP contribution in [0.5, 0.6) is 0 Å². The average Bonchev–Trinajstić information content (AvgIpc) is 3.20. The molecular weight excluding hydrogens is 635 g/mol. The fraction of sp³-hybridized carbons (Fsp3) is 0.292. The van der Waals surface area contributed by atoms with E-state index in [0.717, 1.165) is 28.9 Å². The number of hydrogen-bond acceptors (Lipinski definition) is 10. The number of ether oxygens (including phenoxy) is 2. The number of sulfone groups is 1. The molecule has 1 N–H and O–H groups in total. The quantitative estimate of drug-likeness (QED) is 0.0720. The van der Waals surface area contributed by atoms with Crippen molar-refractivity contribution in [2.45, 2.75) is 28.6 Å². The minimum absolute atomic E-state index is 0.166. The first kappa shape index (κ1) is 29.3. The molecule has 38 heavy (non-hydrogen) atoms. The molecule has 2 unspecified atom stereocenters. The Balaban J connectivity index is 1.84. The Labute approximate surface area is 228 Å². The Morgan fingerprint density at radius 2 is 1.79 bits per heavy atom. The molecule has 1 heterocycles. The molecule has 0 saturated heterocycles. The Hall–Kier alpha value is -3.21. The lowest BCUT2D eigenvalue weighted by Gasteiger charge is -2.16. The van der Waals surface area contributed by atoms with Crippen LogP contribution in [0.15, 0.2) is 65.6 Å². The van der Waals surface area contributed by atoms with Crippen LogP contribution in [0.3, 0.4) is 0 Å². The summed E-state index contributed by atoms with van der Waals surface area (Å²) in [6.45, 7) is 0.792. The largest absolute Gasteiger partial charge is 0.463 e. The van der Waals surface area contributed by atoms with Crippen LogP contribution in [0.2, 0.25) is 0 Å². The smallest absolute Gasteiger partial charge is 0.310 e. The fourth-order valence-electron chi connectivity index (χ4n) is 3.67. The topological polar surface area (TPSA) is 164 Å². The number of para-hydroxylation sites is 1. The number of aromatic nitrogens is 1. The lowest BCUT2D eigenvalue weighted by Crippen LogP contribution is -2.30. The van der Waals surface area contributed by atoms with Crippen molar-refractivity contribution in [2.24, 2.45) is 0 Å². The van der Waals surface area contributed by atoms with Gasteiger partial charge in [-0.15, -0.1) is 10.1 Å². The monoisotopic (exact) mass is 660 g/mol. The van der Waals surface area contributed by atoms with Crippen molar-refractivity contribution in [1.29, 1.82) is 0 Å². The van der Waals surface area contributed by atoms with Gasteiger partial charge in [-0.05, 0) is 48.4 Å². The van der Waals surface area contributed by atoms with Gasteiger partial charge in [0.15, 0.2) is 15.9 Å². The van der Waals surface area contributed by atoms with Gasteiger partial charge in [-0.25, -0.2) is 8.42 Å². The summed E-state index contributed by atoms with van der Waals surface area (Å²) in [5.41, 5.74) is 3.62. The minimum atomic E-state index is -3.37. The van der Waals surface area contributed by atoms with Gasteiger partial charge >= 0.3 is 5.97 Å². The van der Waals surface area contributed by atoms with Crippen LogP contribution >= 0.6 is 21.2 Å². The molecule has 204 valence electrons. The lowest BCUT2D eigenvalue weighted by atomic mass is 10.1. The van der Waals surface area contributed by atoms with E-state index in [9.17, 15) is 31.5 Å². The Morgan fingerprint density at radius 3 is 2.37 bits per heavy atom. The summed E-state index contributed by atoms with van der Waals surface area (Å²) in [4.78, 5) is 28.0. The molecule has 12 nitrogen and oxygen atoms in total. The Kier molecular flexibility index (Phi) is 10.1. The molecular formula is C24H25IN2O10S. The molecule has 3 aromatic rings. The molecule has 2 atom stereocenters. The predicted molar refractivity (Wildman–Crippen MR) is 142 cm³/mol. The van der Waals surface area contributed by atoms with Gasteiger partial charge in [-0.2, -0.15) is 0 Å². The number of aliphatic hydroxyl groups excluding tert-OH is 1. The molecule has 0 spiro atoms. The van der Waals surface area contributed by atoms with Crippen LogP contribution in [0.4, 0.5) is 0 Å². The van der Waals surface area contributed by atoms with E-state index in [0.29, 0.717) is 5.56 Å². The second-order valence-corrected chi connectivity index (χ2v) is 11.7. The zero-order valence-corrected chi connectivity index (χ0v) is 23.3. The summed E-state index contributed by atoms with van der Waals surface area (Å²) >= 11 is -1.90. The molecule has 3 rings (SSSR count). The Morgan fingerprint density at radius 1 is 1.13 bits per heavy atom. The highest BCUT2D eigenvalue weighted by Crippen LogP contribution is 2.30. The molecule has 2 aromatic carbocycles. The molecule has 0 aliphatic heterocycles. The van der Waals surface area contributed by atoms with Crippen LogP contribution in [0.1, 0.15) is 11.3 Å². The van der Waals surface area contributed by atoms with Gasteiger partial charge in [0, 0.05) is 17.6 Å². The van der Waals surface area contributed by atoms with Crippen molar-refractivity contribution in [3.8, 4) is 16.9 Å². The van der Waals surface area contributed by atoms with Crippen LogP contribution in [-0.4, -0.2) is 59.0 Å². The Bertz CT molecular complexity index is 1390. The van der Waals surface area contributed by atoms with Gasteiger partial charge in [-0.1, -0.05) is 30.3 Å². The third-order valence-corrected chi connectivity index (χ3v) is 7.36. The molecule has 0 fully saturated rings. The normalized spacial score (nSPS) is 13.0.